The maximum absolute atomic E-state index is 13.5. The molecule has 1 N–H and O–H groups in total. The molecule has 28 heavy (non-hydrogen) atoms. The predicted octanol–water partition coefficient (Wildman–Crippen LogP) is 6.01. The Labute approximate surface area is 169 Å². The maximum atomic E-state index is 13.5. The summed E-state index contributed by atoms with van der Waals surface area (Å²) in [6.45, 7) is 0. The second-order valence-corrected chi connectivity index (χ2v) is 8.77. The van der Waals surface area contributed by atoms with E-state index < -0.39 is 6.10 Å². The van der Waals surface area contributed by atoms with Gasteiger partial charge in [-0.15, -0.1) is 0 Å². The van der Waals surface area contributed by atoms with Gasteiger partial charge in [0.2, 0.25) is 0 Å². The molecule has 2 fully saturated rings. The summed E-state index contributed by atoms with van der Waals surface area (Å²) in [5, 5.41) is 11.5. The van der Waals surface area contributed by atoms with Crippen LogP contribution < -0.4 is 0 Å². The molecule has 0 aliphatic heterocycles. The molecule has 3 nitrogen and oxygen atoms in total. The highest BCUT2D eigenvalue weighted by Crippen LogP contribution is 2.47. The normalized spacial score (nSPS) is 23.8. The summed E-state index contributed by atoms with van der Waals surface area (Å²) in [4.78, 5) is 4.29. The molecule has 3 aromatic rings. The van der Waals surface area contributed by atoms with Gasteiger partial charge in [-0.1, -0.05) is 23.7 Å². The van der Waals surface area contributed by atoms with Crippen LogP contribution in [0.3, 0.4) is 0 Å². The first kappa shape index (κ1) is 18.1. The van der Waals surface area contributed by atoms with Gasteiger partial charge in [0.1, 0.15) is 5.82 Å². The van der Waals surface area contributed by atoms with E-state index in [1.807, 2.05) is 18.6 Å². The molecule has 2 aliphatic rings. The minimum Gasteiger partial charge on any atom is -0.387 e. The summed E-state index contributed by atoms with van der Waals surface area (Å²) >= 11 is 5.97. The van der Waals surface area contributed by atoms with Crippen LogP contribution in [0.2, 0.25) is 5.02 Å². The zero-order valence-electron chi connectivity index (χ0n) is 15.7. The van der Waals surface area contributed by atoms with Crippen molar-refractivity contribution in [2.45, 2.75) is 56.5 Å². The molecule has 5 rings (SSSR count). The van der Waals surface area contributed by atoms with E-state index in [2.05, 4.69) is 21.5 Å². The summed E-state index contributed by atoms with van der Waals surface area (Å²) in [7, 11) is 0. The molecule has 0 bridgehead atoms. The van der Waals surface area contributed by atoms with Gasteiger partial charge >= 0.3 is 0 Å². The molecule has 2 aliphatic carbocycles. The Hall–Kier alpha value is -1.91. The zero-order chi connectivity index (χ0) is 19.3. The lowest BCUT2D eigenvalue weighted by atomic mass is 9.75. The van der Waals surface area contributed by atoms with Gasteiger partial charge < -0.3 is 9.51 Å². The highest BCUT2D eigenvalue weighted by Gasteiger charge is 2.34. The van der Waals surface area contributed by atoms with Crippen LogP contribution in [-0.2, 0) is 0 Å². The summed E-state index contributed by atoms with van der Waals surface area (Å²) in [6.07, 6.45) is 9.49. The molecule has 0 spiro atoms. The van der Waals surface area contributed by atoms with Crippen molar-refractivity contribution in [2.24, 2.45) is 5.92 Å². The summed E-state index contributed by atoms with van der Waals surface area (Å²) in [6, 6.07) is 9.35. The van der Waals surface area contributed by atoms with E-state index >= 15 is 0 Å². The van der Waals surface area contributed by atoms with Gasteiger partial charge in [0.15, 0.2) is 0 Å². The number of halogens is 2. The Bertz CT molecular complexity index is 1010. The van der Waals surface area contributed by atoms with Gasteiger partial charge in [-0.05, 0) is 85.6 Å². The van der Waals surface area contributed by atoms with Crippen LogP contribution in [0.25, 0.3) is 5.52 Å². The number of imidazole rings is 1. The Kier molecular flexibility index (Phi) is 4.64. The van der Waals surface area contributed by atoms with Crippen LogP contribution in [0.1, 0.15) is 73.3 Å². The highest BCUT2D eigenvalue weighted by molar-refractivity contribution is 6.30. The SMILES string of the molecule is O[C@@H](c1c(C2CC2)ccc2cncn12)C1CCC(c2ccc(F)c(Cl)c2)CC1. The van der Waals surface area contributed by atoms with E-state index in [1.54, 1.807) is 6.07 Å². The standard InChI is InChI=1S/C23H24ClFN2O/c24-20-11-17(7-10-21(20)25)14-1-5-16(6-2-14)23(28)22-19(15-3-4-15)9-8-18-12-26-13-27(18)22/h7-16,23,28H,1-6H2/t14?,16?,23-/m1/s1. The molecule has 146 valence electrons. The lowest BCUT2D eigenvalue weighted by Gasteiger charge is -2.33. The molecular formula is C23H24ClFN2O. The molecule has 2 aromatic heterocycles. The number of nitrogens with zero attached hydrogens (tertiary/aromatic N) is 2. The number of aromatic nitrogens is 2. The second-order valence-electron chi connectivity index (χ2n) is 8.37. The average molecular weight is 399 g/mol. The smallest absolute Gasteiger partial charge is 0.141 e. The Morgan fingerprint density at radius 2 is 1.79 bits per heavy atom. The van der Waals surface area contributed by atoms with Crippen LogP contribution in [-0.4, -0.2) is 14.5 Å². The first-order valence-electron chi connectivity index (χ1n) is 10.2. The summed E-state index contributed by atoms with van der Waals surface area (Å²) in [5.41, 5.74) is 4.46. The lowest BCUT2D eigenvalue weighted by molar-refractivity contribution is 0.0754. The van der Waals surface area contributed by atoms with Gasteiger partial charge in [0.25, 0.3) is 0 Å². The first-order valence-corrected chi connectivity index (χ1v) is 10.6. The quantitative estimate of drug-likeness (QED) is 0.584. The van der Waals surface area contributed by atoms with E-state index in [4.69, 9.17) is 11.6 Å². The lowest BCUT2D eigenvalue weighted by Crippen LogP contribution is -2.22. The van der Waals surface area contributed by atoms with Crippen LogP contribution in [0, 0.1) is 11.7 Å². The monoisotopic (exact) mass is 398 g/mol. The van der Waals surface area contributed by atoms with Gasteiger partial charge in [-0.3, -0.25) is 0 Å². The fourth-order valence-electron chi connectivity index (χ4n) is 4.84. The minimum absolute atomic E-state index is 0.195. The Morgan fingerprint density at radius 1 is 1.04 bits per heavy atom. The minimum atomic E-state index is -0.480. The number of benzene rings is 1. The molecule has 1 aromatic carbocycles. The fourth-order valence-corrected chi connectivity index (χ4v) is 5.03. The number of aliphatic hydroxyl groups is 1. The van der Waals surface area contributed by atoms with Crippen molar-refractivity contribution in [3.8, 4) is 0 Å². The number of fused-ring (bicyclic) bond motifs is 1. The maximum Gasteiger partial charge on any atom is 0.141 e. The van der Waals surface area contributed by atoms with Crippen LogP contribution in [0.5, 0.6) is 0 Å². The van der Waals surface area contributed by atoms with E-state index in [0.29, 0.717) is 11.8 Å². The van der Waals surface area contributed by atoms with Crippen molar-refractivity contribution in [3.63, 3.8) is 0 Å². The van der Waals surface area contributed by atoms with Crippen molar-refractivity contribution in [2.75, 3.05) is 0 Å². The third kappa shape index (κ3) is 3.23. The summed E-state index contributed by atoms with van der Waals surface area (Å²) < 4.78 is 15.5. The van der Waals surface area contributed by atoms with Crippen LogP contribution in [0.4, 0.5) is 4.39 Å². The van der Waals surface area contributed by atoms with Crippen molar-refractivity contribution >= 4 is 17.1 Å². The molecule has 2 heterocycles. The third-order valence-electron chi connectivity index (χ3n) is 6.59. The number of rotatable bonds is 4. The van der Waals surface area contributed by atoms with E-state index in [0.717, 1.165) is 42.5 Å². The molecule has 5 heteroatoms. The molecule has 0 amide bonds. The van der Waals surface area contributed by atoms with Crippen LogP contribution >= 0.6 is 11.6 Å². The zero-order valence-corrected chi connectivity index (χ0v) is 16.4. The molecule has 0 saturated heterocycles. The number of aliphatic hydroxyl groups excluding tert-OH is 1. The van der Waals surface area contributed by atoms with E-state index in [1.165, 1.54) is 24.5 Å². The molecule has 1 atom stereocenters. The second kappa shape index (κ2) is 7.16. The topological polar surface area (TPSA) is 37.5 Å². The van der Waals surface area contributed by atoms with Gasteiger partial charge in [0, 0.05) is 0 Å². The first-order chi connectivity index (χ1) is 13.6. The van der Waals surface area contributed by atoms with E-state index in [-0.39, 0.29) is 16.8 Å². The Balaban J connectivity index is 1.37. The number of hydrogen-bond donors (Lipinski definition) is 1. The molecule has 0 unspecified atom stereocenters. The molecular weight excluding hydrogens is 375 g/mol. The molecule has 0 radical (unpaired) electrons. The van der Waals surface area contributed by atoms with Gasteiger partial charge in [-0.25, -0.2) is 9.37 Å². The largest absolute Gasteiger partial charge is 0.387 e. The van der Waals surface area contributed by atoms with E-state index in [9.17, 15) is 9.50 Å². The number of hydrogen-bond acceptors (Lipinski definition) is 2. The van der Waals surface area contributed by atoms with Gasteiger partial charge in [0.05, 0.1) is 34.9 Å². The van der Waals surface area contributed by atoms with Gasteiger partial charge in [-0.2, -0.15) is 0 Å². The van der Waals surface area contributed by atoms with Crippen molar-refractivity contribution < 1.29 is 9.50 Å². The summed E-state index contributed by atoms with van der Waals surface area (Å²) in [5.74, 6) is 0.830. The average Bonchev–Trinajstić information content (AvgIpc) is 3.45. The van der Waals surface area contributed by atoms with Crippen LogP contribution in [0.15, 0.2) is 42.9 Å². The molecule has 2 saturated carbocycles. The van der Waals surface area contributed by atoms with Crippen molar-refractivity contribution in [1.82, 2.24) is 9.38 Å². The Morgan fingerprint density at radius 3 is 2.50 bits per heavy atom. The third-order valence-corrected chi connectivity index (χ3v) is 6.88. The highest BCUT2D eigenvalue weighted by atomic mass is 35.5. The van der Waals surface area contributed by atoms with Crippen molar-refractivity contribution in [1.29, 1.82) is 0 Å². The van der Waals surface area contributed by atoms with Crippen molar-refractivity contribution in [3.05, 3.63) is 70.5 Å². The number of pyridine rings is 1. The fraction of sp³-hybridized carbons (Fsp3) is 0.435. The predicted molar refractivity (Wildman–Crippen MR) is 108 cm³/mol.